The molecule has 16 heavy (non-hydrogen) atoms. The van der Waals surface area contributed by atoms with Crippen LogP contribution in [0.2, 0.25) is 0 Å². The van der Waals surface area contributed by atoms with Crippen LogP contribution >= 0.6 is 0 Å². The molecule has 1 saturated heterocycles. The molecule has 2 fully saturated rings. The fourth-order valence-electron chi connectivity index (χ4n) is 3.30. The van der Waals surface area contributed by atoms with Crippen molar-refractivity contribution in [2.24, 2.45) is 5.92 Å². The van der Waals surface area contributed by atoms with Gasteiger partial charge in [0.05, 0.1) is 0 Å². The van der Waals surface area contributed by atoms with Crippen molar-refractivity contribution >= 4 is 0 Å². The van der Waals surface area contributed by atoms with E-state index in [2.05, 4.69) is 24.2 Å². The van der Waals surface area contributed by atoms with Crippen LogP contribution in [0.3, 0.4) is 0 Å². The molecule has 1 heterocycles. The van der Waals surface area contributed by atoms with Crippen LogP contribution in [0, 0.1) is 5.92 Å². The highest BCUT2D eigenvalue weighted by atomic mass is 15.2. The average molecular weight is 224 g/mol. The molecule has 0 aromatic heterocycles. The quantitative estimate of drug-likeness (QED) is 0.776. The number of nitrogens with zero attached hydrogens (tertiary/aromatic N) is 1. The first kappa shape index (κ1) is 12.4. The first-order valence-electron chi connectivity index (χ1n) is 7.20. The fraction of sp³-hybridized carbons (Fsp3) is 1.00. The minimum absolute atomic E-state index is 0.793. The van der Waals surface area contributed by atoms with E-state index in [4.69, 9.17) is 0 Å². The van der Waals surface area contributed by atoms with Gasteiger partial charge < -0.3 is 5.32 Å². The molecule has 0 amide bonds. The summed E-state index contributed by atoms with van der Waals surface area (Å²) in [5.74, 6) is 0.969. The van der Waals surface area contributed by atoms with E-state index in [0.29, 0.717) is 0 Å². The zero-order chi connectivity index (χ0) is 11.4. The first-order chi connectivity index (χ1) is 7.77. The van der Waals surface area contributed by atoms with E-state index in [1.807, 2.05) is 0 Å². The number of rotatable bonds is 2. The van der Waals surface area contributed by atoms with E-state index in [-0.39, 0.29) is 0 Å². The maximum atomic E-state index is 3.58. The summed E-state index contributed by atoms with van der Waals surface area (Å²) in [6.45, 7) is 4.85. The lowest BCUT2D eigenvalue weighted by atomic mass is 9.86. The molecular formula is C14H28N2. The molecule has 94 valence electrons. The second kappa shape index (κ2) is 6.02. The molecule has 0 aromatic carbocycles. The molecule has 2 rings (SSSR count). The van der Waals surface area contributed by atoms with Gasteiger partial charge in [0.2, 0.25) is 0 Å². The van der Waals surface area contributed by atoms with Crippen molar-refractivity contribution < 1.29 is 0 Å². The third-order valence-electron chi connectivity index (χ3n) is 4.66. The van der Waals surface area contributed by atoms with Gasteiger partial charge in [0.1, 0.15) is 0 Å². The molecule has 1 saturated carbocycles. The van der Waals surface area contributed by atoms with Gasteiger partial charge in [-0.2, -0.15) is 0 Å². The molecular weight excluding hydrogens is 196 g/mol. The van der Waals surface area contributed by atoms with Gasteiger partial charge in [0.15, 0.2) is 0 Å². The zero-order valence-electron chi connectivity index (χ0n) is 11.0. The minimum Gasteiger partial charge on any atom is -0.315 e. The Morgan fingerprint density at radius 3 is 2.44 bits per heavy atom. The van der Waals surface area contributed by atoms with Gasteiger partial charge in [-0.1, -0.05) is 13.3 Å². The summed E-state index contributed by atoms with van der Waals surface area (Å²) >= 11 is 0. The molecule has 2 aliphatic rings. The lowest BCUT2D eigenvalue weighted by molar-refractivity contribution is 0.119. The number of hydrogen-bond acceptors (Lipinski definition) is 2. The summed E-state index contributed by atoms with van der Waals surface area (Å²) in [7, 11) is 2.36. The van der Waals surface area contributed by atoms with Crippen molar-refractivity contribution in [3.63, 3.8) is 0 Å². The molecule has 0 spiro atoms. The van der Waals surface area contributed by atoms with Crippen molar-refractivity contribution in [3.8, 4) is 0 Å². The lowest BCUT2D eigenvalue weighted by Gasteiger charge is -2.38. The van der Waals surface area contributed by atoms with Crippen molar-refractivity contribution in [2.45, 2.75) is 64.0 Å². The van der Waals surface area contributed by atoms with Crippen LogP contribution in [0.4, 0.5) is 0 Å². The van der Waals surface area contributed by atoms with E-state index in [9.17, 15) is 0 Å². The summed E-state index contributed by atoms with van der Waals surface area (Å²) in [4.78, 5) is 2.68. The van der Waals surface area contributed by atoms with Crippen molar-refractivity contribution in [3.05, 3.63) is 0 Å². The Kier molecular flexibility index (Phi) is 4.66. The highest BCUT2D eigenvalue weighted by molar-refractivity contribution is 4.83. The van der Waals surface area contributed by atoms with E-state index in [0.717, 1.165) is 18.0 Å². The first-order valence-corrected chi connectivity index (χ1v) is 7.20. The summed E-state index contributed by atoms with van der Waals surface area (Å²) < 4.78 is 0. The van der Waals surface area contributed by atoms with Crippen LogP contribution in [0.25, 0.3) is 0 Å². The summed E-state index contributed by atoms with van der Waals surface area (Å²) in [5, 5.41) is 3.58. The van der Waals surface area contributed by atoms with Gasteiger partial charge >= 0.3 is 0 Å². The molecule has 1 unspecified atom stereocenters. The monoisotopic (exact) mass is 224 g/mol. The molecule has 0 aromatic rings. The Morgan fingerprint density at radius 2 is 1.69 bits per heavy atom. The maximum Gasteiger partial charge on any atom is 0.0220 e. The van der Waals surface area contributed by atoms with Gasteiger partial charge in [0.25, 0.3) is 0 Å². The summed E-state index contributed by atoms with van der Waals surface area (Å²) in [6, 6.07) is 1.65. The summed E-state index contributed by atoms with van der Waals surface area (Å²) in [6.07, 6.45) is 9.90. The van der Waals surface area contributed by atoms with Crippen LogP contribution in [0.15, 0.2) is 0 Å². The van der Waals surface area contributed by atoms with Gasteiger partial charge in [0, 0.05) is 18.6 Å². The Bertz CT molecular complexity index is 189. The Hall–Kier alpha value is -0.0800. The minimum atomic E-state index is 0.793. The third-order valence-corrected chi connectivity index (χ3v) is 4.66. The molecule has 1 aliphatic heterocycles. The number of hydrogen-bond donors (Lipinski definition) is 1. The van der Waals surface area contributed by atoms with Crippen LogP contribution in [0.1, 0.15) is 51.9 Å². The Morgan fingerprint density at radius 1 is 0.938 bits per heavy atom. The predicted octanol–water partition coefficient (Wildman–Crippen LogP) is 2.64. The lowest BCUT2D eigenvalue weighted by Crippen LogP contribution is -2.45. The van der Waals surface area contributed by atoms with E-state index in [1.54, 1.807) is 0 Å². The second-order valence-corrected chi connectivity index (χ2v) is 5.93. The van der Waals surface area contributed by atoms with Gasteiger partial charge in [-0.15, -0.1) is 0 Å². The highest BCUT2D eigenvalue weighted by Crippen LogP contribution is 2.28. The molecule has 1 atom stereocenters. The highest BCUT2D eigenvalue weighted by Gasteiger charge is 2.26. The smallest absolute Gasteiger partial charge is 0.0220 e. The topological polar surface area (TPSA) is 15.3 Å². The second-order valence-electron chi connectivity index (χ2n) is 5.93. The fourth-order valence-corrected chi connectivity index (χ4v) is 3.30. The van der Waals surface area contributed by atoms with E-state index in [1.165, 1.54) is 58.0 Å². The van der Waals surface area contributed by atoms with Crippen LogP contribution in [0.5, 0.6) is 0 Å². The molecule has 1 aliphatic carbocycles. The van der Waals surface area contributed by atoms with Crippen LogP contribution in [-0.4, -0.2) is 37.1 Å². The SMILES string of the molecule is CC1CCC(N(C)C2CCCCNC2)CC1. The molecule has 0 bridgehead atoms. The van der Waals surface area contributed by atoms with Crippen molar-refractivity contribution in [1.29, 1.82) is 0 Å². The Labute approximate surface area is 101 Å². The molecule has 2 nitrogen and oxygen atoms in total. The van der Waals surface area contributed by atoms with Crippen molar-refractivity contribution in [1.82, 2.24) is 10.2 Å². The molecule has 0 radical (unpaired) electrons. The summed E-state index contributed by atoms with van der Waals surface area (Å²) in [5.41, 5.74) is 0. The van der Waals surface area contributed by atoms with Gasteiger partial charge in [-0.25, -0.2) is 0 Å². The number of nitrogens with one attached hydrogen (secondary N) is 1. The largest absolute Gasteiger partial charge is 0.315 e. The standard InChI is InChI=1S/C14H28N2/c1-12-6-8-13(9-7-12)16(2)14-5-3-4-10-15-11-14/h12-15H,3-11H2,1-2H3. The third kappa shape index (κ3) is 3.21. The normalized spacial score (nSPS) is 37.3. The van der Waals surface area contributed by atoms with Gasteiger partial charge in [-0.3, -0.25) is 4.90 Å². The van der Waals surface area contributed by atoms with Crippen molar-refractivity contribution in [2.75, 3.05) is 20.1 Å². The predicted molar refractivity (Wildman–Crippen MR) is 69.7 cm³/mol. The van der Waals surface area contributed by atoms with Gasteiger partial charge in [-0.05, 0) is 58.0 Å². The Balaban J connectivity index is 1.83. The zero-order valence-corrected chi connectivity index (χ0v) is 11.0. The maximum absolute atomic E-state index is 3.58. The van der Waals surface area contributed by atoms with Crippen LogP contribution < -0.4 is 5.32 Å². The van der Waals surface area contributed by atoms with E-state index < -0.39 is 0 Å². The molecule has 2 heteroatoms. The molecule has 1 N–H and O–H groups in total. The van der Waals surface area contributed by atoms with Crippen LogP contribution in [-0.2, 0) is 0 Å². The number of likely N-dealkylation sites (N-methyl/N-ethyl adjacent to an activating group) is 1. The average Bonchev–Trinajstić information content (AvgIpc) is 2.57. The van der Waals surface area contributed by atoms with E-state index >= 15 is 0 Å².